The Bertz CT molecular complexity index is 1120. The van der Waals surface area contributed by atoms with Gasteiger partial charge >= 0.3 is 0 Å². The molecule has 4 rings (SSSR count). The van der Waals surface area contributed by atoms with Gasteiger partial charge in [-0.3, -0.25) is 9.69 Å². The van der Waals surface area contributed by atoms with Gasteiger partial charge in [-0.25, -0.2) is 17.2 Å². The Morgan fingerprint density at radius 3 is 2.13 bits per heavy atom. The lowest BCUT2D eigenvalue weighted by atomic mass is 9.98. The highest BCUT2D eigenvalue weighted by atomic mass is 35.7. The first-order valence-electron chi connectivity index (χ1n) is 9.49. The molecule has 0 spiro atoms. The molecule has 166 valence electrons. The first-order valence-corrected chi connectivity index (χ1v) is 12.6. The Morgan fingerprint density at radius 2 is 1.55 bits per heavy atom. The van der Waals surface area contributed by atoms with Crippen LogP contribution in [0.2, 0.25) is 10.0 Å². The van der Waals surface area contributed by atoms with Gasteiger partial charge in [0.05, 0.1) is 6.04 Å². The van der Waals surface area contributed by atoms with Crippen molar-refractivity contribution in [3.05, 3.63) is 57.6 Å². The SMILES string of the molecule is O=C1C(N2CCC(c3cc(Cl)cc(Cl)c3)C2)CCN1c1cc(F)c(S(=O)(=O)Cl)c(F)c1. The molecule has 2 aromatic rings. The third-order valence-corrected chi connectivity index (χ3v) is 7.51. The molecular formula is C20H17Cl3F2N2O3S. The molecule has 31 heavy (non-hydrogen) atoms. The lowest BCUT2D eigenvalue weighted by Gasteiger charge is -2.24. The number of amides is 1. The molecule has 2 heterocycles. The summed E-state index contributed by atoms with van der Waals surface area (Å²) in [5.74, 6) is -2.79. The predicted molar refractivity (Wildman–Crippen MR) is 116 cm³/mol. The van der Waals surface area contributed by atoms with Crippen molar-refractivity contribution in [2.45, 2.75) is 29.7 Å². The van der Waals surface area contributed by atoms with Crippen LogP contribution in [0.5, 0.6) is 0 Å². The van der Waals surface area contributed by atoms with E-state index in [0.29, 0.717) is 29.6 Å². The third kappa shape index (κ3) is 4.54. The van der Waals surface area contributed by atoms with Crippen LogP contribution in [-0.4, -0.2) is 44.9 Å². The van der Waals surface area contributed by atoms with Gasteiger partial charge in [-0.15, -0.1) is 0 Å². The van der Waals surface area contributed by atoms with Gasteiger partial charge in [0.25, 0.3) is 9.05 Å². The molecule has 2 saturated heterocycles. The number of halogens is 5. The fourth-order valence-corrected chi connectivity index (χ4v) is 5.92. The number of likely N-dealkylation sites (tertiary alicyclic amines) is 1. The van der Waals surface area contributed by atoms with Crippen molar-refractivity contribution in [3.8, 4) is 0 Å². The topological polar surface area (TPSA) is 57.7 Å². The zero-order chi connectivity index (χ0) is 22.5. The summed E-state index contributed by atoms with van der Waals surface area (Å²) in [5.41, 5.74) is 0.966. The molecule has 0 aromatic heterocycles. The molecule has 5 nitrogen and oxygen atoms in total. The van der Waals surface area contributed by atoms with E-state index in [1.54, 1.807) is 6.07 Å². The highest BCUT2D eigenvalue weighted by Crippen LogP contribution is 2.35. The van der Waals surface area contributed by atoms with Gasteiger partial charge in [0, 0.05) is 39.5 Å². The van der Waals surface area contributed by atoms with Gasteiger partial charge in [0.1, 0.15) is 11.6 Å². The standard InChI is InChI=1S/C20H17Cl3F2N2O3S/c21-13-5-12(6-14(22)7-13)11-1-3-26(10-11)18-2-4-27(20(18)28)15-8-16(24)19(17(25)9-15)31(23,29)30/h5-9,11,18H,1-4,10H2. The zero-order valence-electron chi connectivity index (χ0n) is 16.0. The predicted octanol–water partition coefficient (Wildman–Crippen LogP) is 4.79. The summed E-state index contributed by atoms with van der Waals surface area (Å²) in [6, 6.07) is 6.60. The molecule has 0 radical (unpaired) electrons. The average molecular weight is 510 g/mol. The summed E-state index contributed by atoms with van der Waals surface area (Å²) in [5, 5.41) is 1.10. The summed E-state index contributed by atoms with van der Waals surface area (Å²) in [7, 11) is 0.502. The Kier molecular flexibility index (Phi) is 6.22. The molecule has 2 atom stereocenters. The Morgan fingerprint density at radius 1 is 0.935 bits per heavy atom. The Hall–Kier alpha value is -1.45. The number of carbonyl (C=O) groups is 1. The fraction of sp³-hybridized carbons (Fsp3) is 0.350. The molecule has 2 aliphatic rings. The Labute approximate surface area is 192 Å². The van der Waals surface area contributed by atoms with Crippen LogP contribution in [0.15, 0.2) is 35.2 Å². The van der Waals surface area contributed by atoms with E-state index in [0.717, 1.165) is 24.1 Å². The van der Waals surface area contributed by atoms with E-state index >= 15 is 0 Å². The highest BCUT2D eigenvalue weighted by molar-refractivity contribution is 8.13. The van der Waals surface area contributed by atoms with Gasteiger partial charge in [-0.05, 0) is 61.2 Å². The molecule has 1 amide bonds. The van der Waals surface area contributed by atoms with Crippen LogP contribution in [0.25, 0.3) is 0 Å². The fourth-order valence-electron chi connectivity index (χ4n) is 4.35. The van der Waals surface area contributed by atoms with Crippen molar-refractivity contribution in [2.75, 3.05) is 24.5 Å². The number of nitrogens with zero attached hydrogens (tertiary/aromatic N) is 2. The second kappa shape index (κ2) is 8.48. The molecule has 2 unspecified atom stereocenters. The summed E-state index contributed by atoms with van der Waals surface area (Å²) < 4.78 is 51.2. The van der Waals surface area contributed by atoms with Crippen molar-refractivity contribution in [3.63, 3.8) is 0 Å². The summed E-state index contributed by atoms with van der Waals surface area (Å²) in [6.07, 6.45) is 1.31. The van der Waals surface area contributed by atoms with E-state index in [2.05, 4.69) is 0 Å². The first kappa shape index (κ1) is 22.7. The van der Waals surface area contributed by atoms with Crippen molar-refractivity contribution in [1.29, 1.82) is 0 Å². The molecule has 0 bridgehead atoms. The largest absolute Gasteiger partial charge is 0.311 e. The lowest BCUT2D eigenvalue weighted by molar-refractivity contribution is -0.121. The normalized spacial score (nSPS) is 22.5. The molecule has 2 fully saturated rings. The van der Waals surface area contributed by atoms with Crippen molar-refractivity contribution < 1.29 is 22.0 Å². The van der Waals surface area contributed by atoms with Crippen LogP contribution >= 0.6 is 33.9 Å². The molecule has 2 aliphatic heterocycles. The van der Waals surface area contributed by atoms with E-state index in [9.17, 15) is 22.0 Å². The second-order valence-corrected chi connectivity index (χ2v) is 11.0. The summed E-state index contributed by atoms with van der Waals surface area (Å²) in [4.78, 5) is 15.1. The highest BCUT2D eigenvalue weighted by Gasteiger charge is 2.40. The maximum Gasteiger partial charge on any atom is 0.267 e. The van der Waals surface area contributed by atoms with Crippen LogP contribution in [-0.2, 0) is 13.8 Å². The summed E-state index contributed by atoms with van der Waals surface area (Å²) in [6.45, 7) is 1.58. The Balaban J connectivity index is 1.51. The minimum Gasteiger partial charge on any atom is -0.311 e. The quantitative estimate of drug-likeness (QED) is 0.556. The van der Waals surface area contributed by atoms with Crippen LogP contribution in [0, 0.1) is 11.6 Å². The van der Waals surface area contributed by atoms with Crippen LogP contribution in [0.4, 0.5) is 14.5 Å². The third-order valence-electron chi connectivity index (χ3n) is 5.73. The lowest BCUT2D eigenvalue weighted by Crippen LogP contribution is -2.40. The van der Waals surface area contributed by atoms with Crippen molar-refractivity contribution in [1.82, 2.24) is 4.90 Å². The van der Waals surface area contributed by atoms with Gasteiger partial charge in [0.15, 0.2) is 4.90 Å². The minimum atomic E-state index is -4.59. The molecule has 2 aromatic carbocycles. The molecule has 11 heteroatoms. The van der Waals surface area contributed by atoms with Gasteiger partial charge in [0.2, 0.25) is 5.91 Å². The maximum absolute atomic E-state index is 14.2. The van der Waals surface area contributed by atoms with Crippen LogP contribution in [0.1, 0.15) is 24.3 Å². The maximum atomic E-state index is 14.2. The molecular weight excluding hydrogens is 493 g/mol. The number of carbonyl (C=O) groups excluding carboxylic acids is 1. The summed E-state index contributed by atoms with van der Waals surface area (Å²) >= 11 is 12.2. The molecule has 0 saturated carbocycles. The van der Waals surface area contributed by atoms with E-state index in [-0.39, 0.29) is 24.1 Å². The number of anilines is 1. The molecule has 0 aliphatic carbocycles. The van der Waals surface area contributed by atoms with Crippen molar-refractivity contribution >= 4 is 54.5 Å². The monoisotopic (exact) mass is 508 g/mol. The number of hydrogen-bond donors (Lipinski definition) is 0. The minimum absolute atomic E-state index is 0.0380. The first-order chi connectivity index (χ1) is 14.5. The van der Waals surface area contributed by atoms with E-state index in [4.69, 9.17) is 33.9 Å². The smallest absolute Gasteiger partial charge is 0.267 e. The average Bonchev–Trinajstić information content (AvgIpc) is 3.25. The number of benzene rings is 2. The number of rotatable bonds is 4. The zero-order valence-corrected chi connectivity index (χ0v) is 19.1. The molecule has 0 N–H and O–H groups in total. The van der Waals surface area contributed by atoms with Gasteiger partial charge in [-0.2, -0.15) is 0 Å². The van der Waals surface area contributed by atoms with Crippen LogP contribution in [0.3, 0.4) is 0 Å². The van der Waals surface area contributed by atoms with E-state index in [1.165, 1.54) is 4.90 Å². The van der Waals surface area contributed by atoms with E-state index < -0.39 is 31.6 Å². The van der Waals surface area contributed by atoms with Gasteiger partial charge < -0.3 is 4.90 Å². The number of hydrogen-bond acceptors (Lipinski definition) is 4. The van der Waals surface area contributed by atoms with E-state index in [1.807, 2.05) is 17.0 Å². The second-order valence-electron chi connectivity index (χ2n) is 7.65. The van der Waals surface area contributed by atoms with Crippen molar-refractivity contribution in [2.24, 2.45) is 0 Å². The van der Waals surface area contributed by atoms with Crippen LogP contribution < -0.4 is 4.90 Å². The van der Waals surface area contributed by atoms with Gasteiger partial charge in [-0.1, -0.05) is 23.2 Å².